The molecule has 96 valence electrons. The minimum atomic E-state index is -4.43. The Hall–Kier alpha value is -1.11. The van der Waals surface area contributed by atoms with E-state index in [4.69, 9.17) is 0 Å². The van der Waals surface area contributed by atoms with Gasteiger partial charge in [-0.15, -0.1) is 10.2 Å². The highest BCUT2D eigenvalue weighted by Gasteiger charge is 2.41. The van der Waals surface area contributed by atoms with E-state index in [1.54, 1.807) is 0 Å². The molecule has 0 saturated heterocycles. The molecule has 0 saturated carbocycles. The van der Waals surface area contributed by atoms with Gasteiger partial charge in [-0.25, -0.2) is 0 Å². The van der Waals surface area contributed by atoms with Gasteiger partial charge in [0.05, 0.1) is 6.04 Å². The van der Waals surface area contributed by atoms with Gasteiger partial charge in [-0.2, -0.15) is 13.2 Å². The molecule has 2 heterocycles. The third-order valence-electron chi connectivity index (χ3n) is 3.15. The summed E-state index contributed by atoms with van der Waals surface area (Å²) in [6.45, 7) is 6.78. The molecule has 0 spiro atoms. The lowest BCUT2D eigenvalue weighted by molar-refractivity contribution is -0.148. The van der Waals surface area contributed by atoms with Gasteiger partial charge in [0.1, 0.15) is 5.82 Å². The summed E-state index contributed by atoms with van der Waals surface area (Å²) in [7, 11) is 0. The second-order valence-corrected chi connectivity index (χ2v) is 4.54. The van der Waals surface area contributed by atoms with Crippen molar-refractivity contribution in [3.63, 3.8) is 0 Å². The molecule has 1 aliphatic heterocycles. The van der Waals surface area contributed by atoms with E-state index in [1.165, 1.54) is 4.57 Å². The predicted octanol–water partition coefficient (Wildman–Crippen LogP) is 2.08. The van der Waals surface area contributed by atoms with Crippen LogP contribution in [0.25, 0.3) is 0 Å². The van der Waals surface area contributed by atoms with Crippen molar-refractivity contribution >= 4 is 0 Å². The number of aromatic nitrogens is 3. The highest BCUT2D eigenvalue weighted by molar-refractivity contribution is 5.06. The largest absolute Gasteiger partial charge is 0.451 e. The molecular weight excluding hydrogens is 233 g/mol. The zero-order chi connectivity index (χ0) is 12.8. The van der Waals surface area contributed by atoms with Crippen LogP contribution in [-0.4, -0.2) is 32.3 Å². The van der Waals surface area contributed by atoms with Gasteiger partial charge in [-0.3, -0.25) is 4.90 Å². The highest BCUT2D eigenvalue weighted by atomic mass is 19.4. The number of fused-ring (bicyclic) bond motifs is 1. The van der Waals surface area contributed by atoms with Gasteiger partial charge in [-0.1, -0.05) is 0 Å². The Morgan fingerprint density at radius 2 is 1.88 bits per heavy atom. The second kappa shape index (κ2) is 3.97. The molecule has 2 rings (SSSR count). The van der Waals surface area contributed by atoms with E-state index in [0.717, 1.165) is 0 Å². The molecule has 0 fully saturated rings. The standard InChI is InChI=1S/C10H15F3N4/c1-6(2)16-4-5-17-8(7(16)3)14-15-9(17)10(11,12)13/h6-7H,4-5H2,1-3H3/t7-/m1/s1. The van der Waals surface area contributed by atoms with Crippen molar-refractivity contribution in [2.75, 3.05) is 6.54 Å². The summed E-state index contributed by atoms with van der Waals surface area (Å²) in [6, 6.07) is 0.150. The van der Waals surface area contributed by atoms with Crippen LogP contribution in [0.1, 0.15) is 38.5 Å². The van der Waals surface area contributed by atoms with Crippen molar-refractivity contribution in [3.8, 4) is 0 Å². The summed E-state index contributed by atoms with van der Waals surface area (Å²) < 4.78 is 39.1. The first-order chi connectivity index (χ1) is 7.82. The average Bonchev–Trinajstić information content (AvgIpc) is 2.61. The molecule has 0 amide bonds. The molecule has 17 heavy (non-hydrogen) atoms. The molecular formula is C10H15F3N4. The Morgan fingerprint density at radius 1 is 1.24 bits per heavy atom. The normalized spacial score (nSPS) is 21.9. The van der Waals surface area contributed by atoms with Crippen molar-refractivity contribution < 1.29 is 13.2 Å². The van der Waals surface area contributed by atoms with Gasteiger partial charge in [-0.05, 0) is 20.8 Å². The molecule has 0 aromatic carbocycles. The Morgan fingerprint density at radius 3 is 2.41 bits per heavy atom. The van der Waals surface area contributed by atoms with E-state index in [-0.39, 0.29) is 12.1 Å². The van der Waals surface area contributed by atoms with Gasteiger partial charge >= 0.3 is 6.18 Å². The summed E-state index contributed by atoms with van der Waals surface area (Å²) >= 11 is 0. The maximum Gasteiger partial charge on any atom is 0.451 e. The fourth-order valence-corrected chi connectivity index (χ4v) is 2.32. The summed E-state index contributed by atoms with van der Waals surface area (Å²) in [6.07, 6.45) is -4.43. The Balaban J connectivity index is 2.37. The minimum absolute atomic E-state index is 0.132. The Labute approximate surface area is 97.4 Å². The van der Waals surface area contributed by atoms with Crippen LogP contribution >= 0.6 is 0 Å². The summed E-state index contributed by atoms with van der Waals surface area (Å²) in [4.78, 5) is 2.12. The lowest BCUT2D eigenvalue weighted by atomic mass is 10.1. The predicted molar refractivity (Wildman–Crippen MR) is 55.3 cm³/mol. The molecule has 1 aromatic heterocycles. The first-order valence-corrected chi connectivity index (χ1v) is 5.58. The van der Waals surface area contributed by atoms with E-state index in [1.807, 2.05) is 20.8 Å². The highest BCUT2D eigenvalue weighted by Crippen LogP contribution is 2.33. The number of nitrogens with zero attached hydrogens (tertiary/aromatic N) is 4. The smallest absolute Gasteiger partial charge is 0.305 e. The first-order valence-electron chi connectivity index (χ1n) is 5.58. The van der Waals surface area contributed by atoms with E-state index in [2.05, 4.69) is 15.1 Å². The SMILES string of the molecule is CC(C)N1CCn2c(nnc2C(F)(F)F)[C@H]1C. The van der Waals surface area contributed by atoms with Crippen LogP contribution in [0.5, 0.6) is 0 Å². The fraction of sp³-hybridized carbons (Fsp3) is 0.800. The monoisotopic (exact) mass is 248 g/mol. The topological polar surface area (TPSA) is 34.0 Å². The Bertz CT molecular complexity index is 410. The van der Waals surface area contributed by atoms with Crippen LogP contribution in [0, 0.1) is 0 Å². The molecule has 7 heteroatoms. The van der Waals surface area contributed by atoms with Gasteiger partial charge in [0, 0.05) is 19.1 Å². The fourth-order valence-electron chi connectivity index (χ4n) is 2.32. The van der Waals surface area contributed by atoms with Crippen LogP contribution in [0.15, 0.2) is 0 Å². The number of hydrogen-bond acceptors (Lipinski definition) is 3. The van der Waals surface area contributed by atoms with Crippen LogP contribution in [-0.2, 0) is 12.7 Å². The first kappa shape index (κ1) is 12.3. The molecule has 1 aromatic rings. The second-order valence-electron chi connectivity index (χ2n) is 4.54. The zero-order valence-corrected chi connectivity index (χ0v) is 9.99. The van der Waals surface area contributed by atoms with Crippen LogP contribution in [0.4, 0.5) is 13.2 Å². The third-order valence-corrected chi connectivity index (χ3v) is 3.15. The van der Waals surface area contributed by atoms with Gasteiger partial charge in [0.15, 0.2) is 0 Å². The number of halogens is 3. The number of alkyl halides is 3. The van der Waals surface area contributed by atoms with Gasteiger partial charge < -0.3 is 4.57 Å². The van der Waals surface area contributed by atoms with E-state index in [9.17, 15) is 13.2 Å². The maximum absolute atomic E-state index is 12.7. The zero-order valence-electron chi connectivity index (χ0n) is 9.99. The molecule has 1 aliphatic rings. The Kier molecular flexibility index (Phi) is 2.89. The maximum atomic E-state index is 12.7. The minimum Gasteiger partial charge on any atom is -0.305 e. The van der Waals surface area contributed by atoms with Crippen LogP contribution in [0.3, 0.4) is 0 Å². The van der Waals surface area contributed by atoms with Crippen molar-refractivity contribution in [1.29, 1.82) is 0 Å². The van der Waals surface area contributed by atoms with Gasteiger partial charge in [0.25, 0.3) is 0 Å². The summed E-state index contributed by atoms with van der Waals surface area (Å²) in [5.41, 5.74) is 0. The molecule has 0 bridgehead atoms. The van der Waals surface area contributed by atoms with Crippen LogP contribution < -0.4 is 0 Å². The summed E-state index contributed by atoms with van der Waals surface area (Å²) in [5, 5.41) is 6.96. The van der Waals surface area contributed by atoms with Crippen molar-refractivity contribution in [1.82, 2.24) is 19.7 Å². The van der Waals surface area contributed by atoms with Crippen molar-refractivity contribution in [2.24, 2.45) is 0 Å². The number of rotatable bonds is 1. The van der Waals surface area contributed by atoms with Gasteiger partial charge in [0.2, 0.25) is 5.82 Å². The lowest BCUT2D eigenvalue weighted by Gasteiger charge is -2.36. The van der Waals surface area contributed by atoms with Crippen molar-refractivity contribution in [3.05, 3.63) is 11.6 Å². The van der Waals surface area contributed by atoms with Crippen molar-refractivity contribution in [2.45, 2.75) is 45.6 Å². The molecule has 4 nitrogen and oxygen atoms in total. The molecule has 1 atom stereocenters. The van der Waals surface area contributed by atoms with E-state index < -0.39 is 12.0 Å². The average molecular weight is 248 g/mol. The summed E-state index contributed by atoms with van der Waals surface area (Å²) in [5.74, 6) is -0.486. The lowest BCUT2D eigenvalue weighted by Crippen LogP contribution is -2.42. The molecule has 0 N–H and O–H groups in total. The van der Waals surface area contributed by atoms with Crippen LogP contribution in [0.2, 0.25) is 0 Å². The molecule has 0 aliphatic carbocycles. The van der Waals surface area contributed by atoms with E-state index in [0.29, 0.717) is 18.9 Å². The third kappa shape index (κ3) is 2.03. The molecule has 0 radical (unpaired) electrons. The van der Waals surface area contributed by atoms with E-state index >= 15 is 0 Å². The quantitative estimate of drug-likeness (QED) is 0.763. The number of hydrogen-bond donors (Lipinski definition) is 0. The molecule has 0 unspecified atom stereocenters.